The Morgan fingerprint density at radius 2 is 1.74 bits per heavy atom. The van der Waals surface area contributed by atoms with Crippen molar-refractivity contribution in [3.05, 3.63) is 66.4 Å². The molecule has 0 aliphatic rings. The largest absolute Gasteiger partial charge is 0.490 e. The lowest BCUT2D eigenvalue weighted by atomic mass is 10.1. The summed E-state index contributed by atoms with van der Waals surface area (Å²) in [5.74, 6) is 0.578. The lowest BCUT2D eigenvalue weighted by Gasteiger charge is -2.07. The van der Waals surface area contributed by atoms with Crippen molar-refractivity contribution in [2.75, 3.05) is 13.2 Å². The Kier molecular flexibility index (Phi) is 4.94. The first-order valence-corrected chi connectivity index (χ1v) is 7.71. The van der Waals surface area contributed by atoms with Crippen LogP contribution in [0.3, 0.4) is 0 Å². The molecule has 118 valence electrons. The third kappa shape index (κ3) is 4.13. The molecule has 3 aromatic rings. The topological polar surface area (TPSA) is 51.3 Å². The summed E-state index contributed by atoms with van der Waals surface area (Å²) in [5.41, 5.74) is 2.23. The molecule has 0 aliphatic heterocycles. The van der Waals surface area contributed by atoms with E-state index in [0.29, 0.717) is 19.4 Å². The average molecular weight is 309 g/mol. The molecule has 0 atom stereocenters. The summed E-state index contributed by atoms with van der Waals surface area (Å²) in [6.07, 6.45) is 2.99. The van der Waals surface area contributed by atoms with E-state index in [1.54, 1.807) is 0 Å². The number of nitrogens with one attached hydrogen (secondary N) is 1. The van der Waals surface area contributed by atoms with Crippen LogP contribution in [-0.4, -0.2) is 24.2 Å². The van der Waals surface area contributed by atoms with Gasteiger partial charge < -0.3 is 14.5 Å². The maximum atomic E-state index is 11.8. The van der Waals surface area contributed by atoms with Crippen LogP contribution in [0.4, 0.5) is 0 Å². The van der Waals surface area contributed by atoms with E-state index < -0.39 is 0 Å². The molecule has 1 heterocycles. The number of hydrogen-bond donors (Lipinski definition) is 1. The van der Waals surface area contributed by atoms with Crippen molar-refractivity contribution < 1.29 is 14.3 Å². The molecule has 0 saturated heterocycles. The molecule has 4 nitrogen and oxygen atoms in total. The first-order chi connectivity index (χ1) is 11.3. The Morgan fingerprint density at radius 1 is 0.957 bits per heavy atom. The zero-order chi connectivity index (χ0) is 15.9. The van der Waals surface area contributed by atoms with E-state index in [4.69, 9.17) is 9.47 Å². The van der Waals surface area contributed by atoms with E-state index >= 15 is 0 Å². The maximum Gasteiger partial charge on any atom is 0.306 e. The molecular weight excluding hydrogens is 290 g/mol. The summed E-state index contributed by atoms with van der Waals surface area (Å²) in [6, 6.07) is 17.6. The number of H-pyrrole nitrogens is 1. The van der Waals surface area contributed by atoms with Crippen molar-refractivity contribution >= 4 is 16.9 Å². The number of fused-ring (bicyclic) bond motifs is 1. The Bertz CT molecular complexity index is 764. The number of rotatable bonds is 7. The number of esters is 1. The monoisotopic (exact) mass is 309 g/mol. The molecule has 0 unspecified atom stereocenters. The minimum Gasteiger partial charge on any atom is -0.490 e. The van der Waals surface area contributed by atoms with Crippen LogP contribution in [-0.2, 0) is 16.0 Å². The van der Waals surface area contributed by atoms with E-state index in [2.05, 4.69) is 11.1 Å². The number of aromatic amines is 1. The van der Waals surface area contributed by atoms with Gasteiger partial charge in [0.25, 0.3) is 0 Å². The van der Waals surface area contributed by atoms with Gasteiger partial charge in [0.1, 0.15) is 19.0 Å². The van der Waals surface area contributed by atoms with E-state index in [9.17, 15) is 4.79 Å². The quantitative estimate of drug-likeness (QED) is 0.534. The molecule has 0 amide bonds. The second-order valence-electron chi connectivity index (χ2n) is 5.24. The fraction of sp³-hybridized carbons (Fsp3) is 0.211. The molecule has 0 spiro atoms. The molecule has 2 aromatic carbocycles. The number of hydrogen-bond acceptors (Lipinski definition) is 3. The highest BCUT2D eigenvalue weighted by Gasteiger charge is 2.07. The van der Waals surface area contributed by atoms with Crippen molar-refractivity contribution in [1.29, 1.82) is 0 Å². The highest BCUT2D eigenvalue weighted by molar-refractivity contribution is 5.83. The van der Waals surface area contributed by atoms with Gasteiger partial charge in [0, 0.05) is 23.5 Å². The van der Waals surface area contributed by atoms with Gasteiger partial charge in [0.2, 0.25) is 0 Å². The molecule has 0 bridgehead atoms. The highest BCUT2D eigenvalue weighted by Crippen LogP contribution is 2.19. The van der Waals surface area contributed by atoms with E-state index in [-0.39, 0.29) is 12.6 Å². The van der Waals surface area contributed by atoms with Gasteiger partial charge in [0.15, 0.2) is 0 Å². The number of benzene rings is 2. The molecular formula is C19H19NO3. The lowest BCUT2D eigenvalue weighted by molar-refractivity contribution is -0.144. The molecule has 1 N–H and O–H groups in total. The smallest absolute Gasteiger partial charge is 0.306 e. The van der Waals surface area contributed by atoms with Crippen LogP contribution in [0, 0.1) is 0 Å². The number of ether oxygens (including phenoxy) is 2. The number of para-hydroxylation sites is 2. The molecule has 0 radical (unpaired) electrons. The molecule has 0 fully saturated rings. The molecule has 1 aromatic heterocycles. The Morgan fingerprint density at radius 3 is 2.61 bits per heavy atom. The Balaban J connectivity index is 1.40. The van der Waals surface area contributed by atoms with E-state index in [1.165, 1.54) is 0 Å². The first kappa shape index (κ1) is 15.2. The van der Waals surface area contributed by atoms with Crippen LogP contribution in [0.15, 0.2) is 60.8 Å². The fourth-order valence-corrected chi connectivity index (χ4v) is 2.48. The SMILES string of the molecule is O=C(CCc1c[nH]c2ccccc12)OCCOc1ccccc1. The van der Waals surface area contributed by atoms with Gasteiger partial charge in [-0.3, -0.25) is 4.79 Å². The van der Waals surface area contributed by atoms with Crippen LogP contribution in [0.1, 0.15) is 12.0 Å². The van der Waals surface area contributed by atoms with Gasteiger partial charge in [-0.05, 0) is 30.2 Å². The third-order valence-corrected chi connectivity index (χ3v) is 3.63. The van der Waals surface area contributed by atoms with Crippen LogP contribution in [0.2, 0.25) is 0 Å². The van der Waals surface area contributed by atoms with Gasteiger partial charge in [-0.15, -0.1) is 0 Å². The van der Waals surface area contributed by atoms with Crippen LogP contribution in [0.5, 0.6) is 5.75 Å². The molecule has 4 heteroatoms. The number of carbonyl (C=O) groups is 1. The Labute approximate surface area is 135 Å². The second kappa shape index (κ2) is 7.49. The predicted molar refractivity (Wildman–Crippen MR) is 89.5 cm³/mol. The van der Waals surface area contributed by atoms with Crippen LogP contribution >= 0.6 is 0 Å². The lowest BCUT2D eigenvalue weighted by Crippen LogP contribution is -2.12. The highest BCUT2D eigenvalue weighted by atomic mass is 16.6. The first-order valence-electron chi connectivity index (χ1n) is 7.71. The van der Waals surface area contributed by atoms with Crippen molar-refractivity contribution in [2.24, 2.45) is 0 Å². The van der Waals surface area contributed by atoms with Crippen molar-refractivity contribution in [3.63, 3.8) is 0 Å². The van der Waals surface area contributed by atoms with E-state index in [0.717, 1.165) is 22.2 Å². The summed E-state index contributed by atoms with van der Waals surface area (Å²) in [4.78, 5) is 15.0. The predicted octanol–water partition coefficient (Wildman–Crippen LogP) is 3.72. The van der Waals surface area contributed by atoms with Crippen LogP contribution in [0.25, 0.3) is 10.9 Å². The number of aryl methyl sites for hydroxylation is 1. The molecule has 0 aliphatic carbocycles. The minimum absolute atomic E-state index is 0.202. The summed E-state index contributed by atoms with van der Waals surface area (Å²) < 4.78 is 10.7. The zero-order valence-electron chi connectivity index (χ0n) is 12.8. The van der Waals surface area contributed by atoms with Gasteiger partial charge in [-0.25, -0.2) is 0 Å². The standard InChI is InChI=1S/C19H19NO3/c21-19(23-13-12-22-16-6-2-1-3-7-16)11-10-15-14-20-18-9-5-4-8-17(15)18/h1-9,14,20H,10-13H2. The average Bonchev–Trinajstić information content (AvgIpc) is 3.01. The maximum absolute atomic E-state index is 11.8. The molecule has 0 saturated carbocycles. The van der Waals surface area contributed by atoms with Crippen molar-refractivity contribution in [1.82, 2.24) is 4.98 Å². The van der Waals surface area contributed by atoms with Gasteiger partial charge in [-0.1, -0.05) is 36.4 Å². The van der Waals surface area contributed by atoms with Crippen LogP contribution < -0.4 is 4.74 Å². The van der Waals surface area contributed by atoms with Gasteiger partial charge >= 0.3 is 5.97 Å². The number of carbonyl (C=O) groups excluding carboxylic acids is 1. The van der Waals surface area contributed by atoms with Gasteiger partial charge in [0.05, 0.1) is 0 Å². The van der Waals surface area contributed by atoms with Gasteiger partial charge in [-0.2, -0.15) is 0 Å². The summed E-state index contributed by atoms with van der Waals surface area (Å²) in [5, 5.41) is 1.16. The zero-order valence-corrected chi connectivity index (χ0v) is 12.8. The molecule has 3 rings (SSSR count). The van der Waals surface area contributed by atoms with Crippen molar-refractivity contribution in [3.8, 4) is 5.75 Å². The third-order valence-electron chi connectivity index (χ3n) is 3.63. The second-order valence-corrected chi connectivity index (χ2v) is 5.24. The Hall–Kier alpha value is -2.75. The summed E-state index contributed by atoms with van der Waals surface area (Å²) >= 11 is 0. The molecule has 23 heavy (non-hydrogen) atoms. The minimum atomic E-state index is -0.202. The fourth-order valence-electron chi connectivity index (χ4n) is 2.48. The van der Waals surface area contributed by atoms with Crippen molar-refractivity contribution in [2.45, 2.75) is 12.8 Å². The normalized spacial score (nSPS) is 10.6. The summed E-state index contributed by atoms with van der Waals surface area (Å²) in [6.45, 7) is 0.629. The summed E-state index contributed by atoms with van der Waals surface area (Å²) in [7, 11) is 0. The number of aromatic nitrogens is 1. The van der Waals surface area contributed by atoms with E-state index in [1.807, 2.05) is 54.7 Å².